The highest BCUT2D eigenvalue weighted by molar-refractivity contribution is 9.10. The number of rotatable bonds is 5. The van der Waals surface area contributed by atoms with E-state index in [9.17, 15) is 13.2 Å². The van der Waals surface area contributed by atoms with Gasteiger partial charge in [-0.3, -0.25) is 4.79 Å². The molecule has 4 bridgehead atoms. The van der Waals surface area contributed by atoms with E-state index in [1.165, 1.54) is 25.6 Å². The van der Waals surface area contributed by atoms with Gasteiger partial charge >= 0.3 is 0 Å². The van der Waals surface area contributed by atoms with Crippen LogP contribution in [0.4, 0.5) is 5.69 Å². The summed E-state index contributed by atoms with van der Waals surface area (Å²) in [7, 11) is -2.12. The van der Waals surface area contributed by atoms with Crippen molar-refractivity contribution >= 4 is 37.5 Å². The second-order valence-electron chi connectivity index (χ2n) is 9.11. The third kappa shape index (κ3) is 3.20. The molecule has 4 aliphatic rings. The molecule has 0 aliphatic heterocycles. The van der Waals surface area contributed by atoms with E-state index in [2.05, 4.69) is 36.1 Å². The van der Waals surface area contributed by atoms with Crippen molar-refractivity contribution in [1.29, 1.82) is 0 Å². The maximum atomic E-state index is 13.5. The maximum Gasteiger partial charge on any atom is 0.240 e. The molecule has 8 nitrogen and oxygen atoms in total. The fourth-order valence-corrected chi connectivity index (χ4v) is 7.31. The van der Waals surface area contributed by atoms with Crippen LogP contribution in [0.2, 0.25) is 0 Å². The van der Waals surface area contributed by atoms with Crippen molar-refractivity contribution in [2.24, 2.45) is 17.3 Å². The van der Waals surface area contributed by atoms with Gasteiger partial charge in [0.1, 0.15) is 6.33 Å². The smallest absolute Gasteiger partial charge is 0.240 e. The molecule has 1 heterocycles. The quantitative estimate of drug-likeness (QED) is 0.665. The average molecular weight is 494 g/mol. The van der Waals surface area contributed by atoms with Gasteiger partial charge in [0, 0.05) is 5.69 Å². The number of carbonyl (C=O) groups excluding carboxylic acids is 1. The molecule has 0 spiro atoms. The first-order chi connectivity index (χ1) is 14.2. The van der Waals surface area contributed by atoms with Crippen LogP contribution in [0.25, 0.3) is 0 Å². The molecule has 2 N–H and O–H groups in total. The summed E-state index contributed by atoms with van der Waals surface area (Å²) >= 11 is 3.35. The molecule has 30 heavy (non-hydrogen) atoms. The Kier molecular flexibility index (Phi) is 4.61. The zero-order valence-electron chi connectivity index (χ0n) is 16.6. The molecule has 10 heteroatoms. The summed E-state index contributed by atoms with van der Waals surface area (Å²) in [5.74, 6) is 1.07. The fourth-order valence-electron chi connectivity index (χ4n) is 6.32. The minimum Gasteiger partial charge on any atom is -0.326 e. The number of anilines is 1. The van der Waals surface area contributed by atoms with E-state index in [-0.39, 0.29) is 16.3 Å². The summed E-state index contributed by atoms with van der Waals surface area (Å²) < 4.78 is 28.7. The minimum atomic E-state index is -3.50. The van der Waals surface area contributed by atoms with E-state index in [0.717, 1.165) is 32.1 Å². The molecule has 0 saturated heterocycles. The van der Waals surface area contributed by atoms with E-state index in [1.54, 1.807) is 18.5 Å². The van der Waals surface area contributed by atoms with Crippen molar-refractivity contribution in [3.63, 3.8) is 0 Å². The number of nitrogens with one attached hydrogen (secondary N) is 2. The van der Waals surface area contributed by atoms with Crippen LogP contribution in [0, 0.1) is 17.3 Å². The van der Waals surface area contributed by atoms with E-state index in [4.69, 9.17) is 0 Å². The molecule has 4 saturated carbocycles. The van der Waals surface area contributed by atoms with Crippen molar-refractivity contribution in [3.05, 3.63) is 35.3 Å². The van der Waals surface area contributed by atoms with Crippen LogP contribution in [-0.2, 0) is 20.4 Å². The maximum absolute atomic E-state index is 13.5. The summed E-state index contributed by atoms with van der Waals surface area (Å²) in [6.45, 7) is 0. The van der Waals surface area contributed by atoms with Crippen LogP contribution in [0.15, 0.2) is 40.2 Å². The number of aromatic nitrogens is 3. The highest BCUT2D eigenvalue weighted by Gasteiger charge is 2.61. The molecule has 1 amide bonds. The number of amides is 1. The Morgan fingerprint density at radius 1 is 1.17 bits per heavy atom. The minimum absolute atomic E-state index is 0.0318. The Morgan fingerprint density at radius 2 is 1.83 bits per heavy atom. The summed E-state index contributed by atoms with van der Waals surface area (Å²) in [6, 6.07) is 6.31. The van der Waals surface area contributed by atoms with E-state index in [1.807, 2.05) is 4.68 Å². The third-order valence-corrected chi connectivity index (χ3v) is 8.95. The molecular weight excluding hydrogens is 470 g/mol. The number of hydrogen-bond acceptors (Lipinski definition) is 5. The van der Waals surface area contributed by atoms with Crippen LogP contribution in [0.3, 0.4) is 0 Å². The molecular formula is C20H24BrN5O3S. The van der Waals surface area contributed by atoms with E-state index in [0.29, 0.717) is 22.3 Å². The summed E-state index contributed by atoms with van der Waals surface area (Å²) in [5, 5.41) is 7.60. The van der Waals surface area contributed by atoms with Gasteiger partial charge in [0.25, 0.3) is 0 Å². The topological polar surface area (TPSA) is 106 Å². The Labute approximate surface area is 184 Å². The second-order valence-corrected chi connectivity index (χ2v) is 11.7. The van der Waals surface area contributed by atoms with Crippen molar-refractivity contribution < 1.29 is 13.2 Å². The van der Waals surface area contributed by atoms with Gasteiger partial charge in [-0.15, -0.1) is 5.10 Å². The van der Waals surface area contributed by atoms with Crippen LogP contribution >= 0.6 is 15.9 Å². The highest BCUT2D eigenvalue weighted by atomic mass is 79.9. The van der Waals surface area contributed by atoms with Gasteiger partial charge in [0.15, 0.2) is 0 Å². The van der Waals surface area contributed by atoms with Gasteiger partial charge in [-0.05, 0) is 97.6 Å². The Bertz CT molecular complexity index is 1080. The van der Waals surface area contributed by atoms with Gasteiger partial charge in [-0.2, -0.15) is 0 Å². The normalized spacial score (nSPS) is 32.3. The predicted molar refractivity (Wildman–Crippen MR) is 114 cm³/mol. The standard InChI is InChI=1S/C20H24BrN5O3S/c1-22-30(28,29)16-4-2-15(3-5-16)24-17(27)19-7-13-6-14(8-19)10-20(9-13,11-19)26-12-23-18(21)25-26/h2-5,12-14,22H,6-11H2,1H3,(H,24,27)/t13-,14+,19?,20?. The lowest BCUT2D eigenvalue weighted by atomic mass is 9.46. The first-order valence-electron chi connectivity index (χ1n) is 10.2. The molecule has 2 aromatic rings. The number of nitrogens with zero attached hydrogens (tertiary/aromatic N) is 3. The lowest BCUT2D eigenvalue weighted by Gasteiger charge is -2.60. The van der Waals surface area contributed by atoms with Crippen LogP contribution in [-0.4, -0.2) is 36.1 Å². The van der Waals surface area contributed by atoms with Crippen LogP contribution in [0.5, 0.6) is 0 Å². The number of benzene rings is 1. The van der Waals surface area contributed by atoms with Gasteiger partial charge in [0.2, 0.25) is 20.7 Å². The number of hydrogen-bond donors (Lipinski definition) is 2. The Balaban J connectivity index is 1.40. The number of halogens is 1. The van der Waals surface area contributed by atoms with Crippen molar-refractivity contribution in [3.8, 4) is 0 Å². The molecule has 1 aromatic heterocycles. The van der Waals surface area contributed by atoms with Crippen molar-refractivity contribution in [2.45, 2.75) is 49.0 Å². The molecule has 160 valence electrons. The summed E-state index contributed by atoms with van der Waals surface area (Å²) in [5.41, 5.74) is 0.0481. The number of sulfonamides is 1. The predicted octanol–water partition coefficient (Wildman–Crippen LogP) is 2.88. The van der Waals surface area contributed by atoms with Crippen molar-refractivity contribution in [1.82, 2.24) is 19.5 Å². The first-order valence-corrected chi connectivity index (χ1v) is 12.4. The molecule has 2 unspecified atom stereocenters. The van der Waals surface area contributed by atoms with Gasteiger partial charge < -0.3 is 5.32 Å². The monoisotopic (exact) mass is 493 g/mol. The largest absolute Gasteiger partial charge is 0.326 e. The highest BCUT2D eigenvalue weighted by Crippen LogP contribution is 2.64. The molecule has 4 atom stereocenters. The molecule has 4 aliphatic carbocycles. The zero-order valence-corrected chi connectivity index (χ0v) is 19.0. The van der Waals surface area contributed by atoms with Crippen LogP contribution in [0.1, 0.15) is 38.5 Å². The first kappa shape index (κ1) is 20.1. The summed E-state index contributed by atoms with van der Waals surface area (Å²) in [6.07, 6.45) is 7.63. The number of carbonyl (C=O) groups is 1. The Hall–Kier alpha value is -1.78. The molecule has 4 fully saturated rings. The van der Waals surface area contributed by atoms with Gasteiger partial charge in [0.05, 0.1) is 15.8 Å². The lowest BCUT2D eigenvalue weighted by Crippen LogP contribution is -2.60. The van der Waals surface area contributed by atoms with Gasteiger partial charge in [-0.25, -0.2) is 22.8 Å². The lowest BCUT2D eigenvalue weighted by molar-refractivity contribution is -0.150. The second kappa shape index (κ2) is 6.86. The molecule has 1 aromatic carbocycles. The fraction of sp³-hybridized carbons (Fsp3) is 0.550. The average Bonchev–Trinajstić information content (AvgIpc) is 3.15. The zero-order chi connectivity index (χ0) is 21.1. The SMILES string of the molecule is CNS(=O)(=O)c1ccc(NC(=O)C23C[C@H]4C[C@@H](C2)CC(n2cnc(Br)n2)(C4)C3)cc1. The Morgan fingerprint density at radius 3 is 2.40 bits per heavy atom. The molecule has 0 radical (unpaired) electrons. The van der Waals surface area contributed by atoms with Crippen molar-refractivity contribution in [2.75, 3.05) is 12.4 Å². The van der Waals surface area contributed by atoms with Gasteiger partial charge in [-0.1, -0.05) is 0 Å². The van der Waals surface area contributed by atoms with Crippen LogP contribution < -0.4 is 10.0 Å². The summed E-state index contributed by atoms with van der Waals surface area (Å²) in [4.78, 5) is 17.9. The van der Waals surface area contributed by atoms with E-state index < -0.39 is 15.4 Å². The van der Waals surface area contributed by atoms with E-state index >= 15 is 0 Å². The third-order valence-electron chi connectivity index (χ3n) is 7.15. The molecule has 6 rings (SSSR count).